The third-order valence-corrected chi connectivity index (χ3v) is 3.18. The lowest BCUT2D eigenvalue weighted by Crippen LogP contribution is -2.38. The molecule has 1 N–H and O–H groups in total. The van der Waals surface area contributed by atoms with Gasteiger partial charge < -0.3 is 19.7 Å². The molecule has 0 amide bonds. The summed E-state index contributed by atoms with van der Waals surface area (Å²) in [4.78, 5) is 6.56. The molecule has 0 bridgehead atoms. The number of benzene rings is 1. The van der Waals surface area contributed by atoms with Crippen molar-refractivity contribution in [1.82, 2.24) is 10.2 Å². The average molecular weight is 343 g/mol. The van der Waals surface area contributed by atoms with Gasteiger partial charge in [0.2, 0.25) is 0 Å². The first-order valence-electron chi connectivity index (χ1n) is 8.17. The maximum absolute atomic E-state index is 12.2. The van der Waals surface area contributed by atoms with Crippen LogP contribution < -0.4 is 10.1 Å². The van der Waals surface area contributed by atoms with E-state index in [1.165, 1.54) is 0 Å². The second-order valence-electron chi connectivity index (χ2n) is 5.16. The Morgan fingerprint density at radius 3 is 2.54 bits per heavy atom. The lowest BCUT2D eigenvalue weighted by Gasteiger charge is -2.22. The molecular weight excluding hydrogens is 316 g/mol. The highest BCUT2D eigenvalue weighted by Crippen LogP contribution is 2.15. The Bertz CT molecular complexity index is 481. The van der Waals surface area contributed by atoms with Crippen LogP contribution in [0.3, 0.4) is 0 Å². The number of hydrogen-bond donors (Lipinski definition) is 1. The lowest BCUT2D eigenvalue weighted by atomic mass is 10.2. The van der Waals surface area contributed by atoms with E-state index in [0.29, 0.717) is 19.7 Å². The van der Waals surface area contributed by atoms with Crippen LogP contribution in [0.25, 0.3) is 0 Å². The van der Waals surface area contributed by atoms with Crippen LogP contribution in [0.15, 0.2) is 29.3 Å². The summed E-state index contributed by atoms with van der Waals surface area (Å²) in [5.41, 5.74) is 0.985. The molecule has 0 heterocycles. The number of nitrogens with zero attached hydrogens (tertiary/aromatic N) is 2. The zero-order chi connectivity index (χ0) is 17.8. The first kappa shape index (κ1) is 20.2. The zero-order valence-corrected chi connectivity index (χ0v) is 14.6. The van der Waals surface area contributed by atoms with Gasteiger partial charge in [-0.3, -0.25) is 4.99 Å². The zero-order valence-electron chi connectivity index (χ0n) is 14.6. The number of ether oxygens (including phenoxy) is 2. The Labute approximate surface area is 142 Å². The van der Waals surface area contributed by atoms with Crippen LogP contribution in [0, 0.1) is 0 Å². The summed E-state index contributed by atoms with van der Waals surface area (Å²) < 4.78 is 34.0. The minimum atomic E-state index is -2.80. The van der Waals surface area contributed by atoms with Crippen LogP contribution in [0.4, 0.5) is 8.78 Å². The van der Waals surface area contributed by atoms with E-state index in [1.807, 2.05) is 25.8 Å². The maximum Gasteiger partial charge on any atom is 0.387 e. The fraction of sp³-hybridized carbons (Fsp3) is 0.588. The van der Waals surface area contributed by atoms with E-state index in [-0.39, 0.29) is 5.75 Å². The number of halogens is 2. The van der Waals surface area contributed by atoms with E-state index >= 15 is 0 Å². The van der Waals surface area contributed by atoms with Gasteiger partial charge >= 0.3 is 6.61 Å². The molecule has 0 aromatic heterocycles. The fourth-order valence-electron chi connectivity index (χ4n) is 2.09. The molecule has 136 valence electrons. The third kappa shape index (κ3) is 8.10. The third-order valence-electron chi connectivity index (χ3n) is 3.18. The van der Waals surface area contributed by atoms with E-state index in [0.717, 1.165) is 31.1 Å². The Kier molecular flexibility index (Phi) is 9.76. The van der Waals surface area contributed by atoms with Crippen LogP contribution in [0.2, 0.25) is 0 Å². The number of nitrogens with one attached hydrogen (secondary N) is 1. The van der Waals surface area contributed by atoms with Gasteiger partial charge in [0.15, 0.2) is 5.96 Å². The molecule has 0 aliphatic carbocycles. The lowest BCUT2D eigenvalue weighted by molar-refractivity contribution is -0.0498. The Balaban J connectivity index is 2.57. The van der Waals surface area contributed by atoms with Crippen LogP contribution in [-0.2, 0) is 11.3 Å². The molecule has 5 nitrogen and oxygen atoms in total. The normalized spacial score (nSPS) is 11.7. The van der Waals surface area contributed by atoms with E-state index in [9.17, 15) is 8.78 Å². The molecule has 0 fully saturated rings. The SMILES string of the molecule is CCNC(=NCCCOCC)N(C)Cc1ccc(OC(F)F)cc1. The van der Waals surface area contributed by atoms with Crippen molar-refractivity contribution in [3.63, 3.8) is 0 Å². The van der Waals surface area contributed by atoms with Crippen molar-refractivity contribution in [1.29, 1.82) is 0 Å². The van der Waals surface area contributed by atoms with Gasteiger partial charge in [0.25, 0.3) is 0 Å². The largest absolute Gasteiger partial charge is 0.435 e. The van der Waals surface area contributed by atoms with Crippen LogP contribution in [0.1, 0.15) is 25.8 Å². The number of rotatable bonds is 10. The quantitative estimate of drug-likeness (QED) is 0.403. The van der Waals surface area contributed by atoms with E-state index in [2.05, 4.69) is 15.0 Å². The molecule has 0 aliphatic heterocycles. The summed E-state index contributed by atoms with van der Waals surface area (Å²) in [6.07, 6.45) is 0.871. The van der Waals surface area contributed by atoms with Gasteiger partial charge in [-0.05, 0) is 38.0 Å². The summed E-state index contributed by atoms with van der Waals surface area (Å²) in [6.45, 7) is 4.68. The molecule has 0 saturated heterocycles. The highest BCUT2D eigenvalue weighted by Gasteiger charge is 2.08. The monoisotopic (exact) mass is 343 g/mol. The van der Waals surface area contributed by atoms with Crippen molar-refractivity contribution in [2.24, 2.45) is 4.99 Å². The van der Waals surface area contributed by atoms with Crippen molar-refractivity contribution >= 4 is 5.96 Å². The van der Waals surface area contributed by atoms with Gasteiger partial charge in [0.05, 0.1) is 0 Å². The van der Waals surface area contributed by atoms with Gasteiger partial charge in [0.1, 0.15) is 5.75 Å². The topological polar surface area (TPSA) is 46.1 Å². The predicted molar refractivity (Wildman–Crippen MR) is 91.6 cm³/mol. The molecule has 0 radical (unpaired) electrons. The van der Waals surface area contributed by atoms with Crippen LogP contribution in [-0.4, -0.2) is 50.8 Å². The molecule has 1 rings (SSSR count). The smallest absolute Gasteiger partial charge is 0.387 e. The Hall–Kier alpha value is -1.89. The van der Waals surface area contributed by atoms with Crippen molar-refractivity contribution < 1.29 is 18.3 Å². The predicted octanol–water partition coefficient (Wildman–Crippen LogP) is 3.11. The maximum atomic E-state index is 12.2. The Morgan fingerprint density at radius 2 is 1.96 bits per heavy atom. The second kappa shape index (κ2) is 11.6. The molecule has 1 aromatic carbocycles. The second-order valence-corrected chi connectivity index (χ2v) is 5.16. The highest BCUT2D eigenvalue weighted by molar-refractivity contribution is 5.79. The minimum absolute atomic E-state index is 0.160. The first-order chi connectivity index (χ1) is 11.6. The molecule has 1 aromatic rings. The van der Waals surface area contributed by atoms with Gasteiger partial charge in [-0.25, -0.2) is 0 Å². The van der Waals surface area contributed by atoms with Crippen molar-refractivity contribution in [2.45, 2.75) is 33.4 Å². The molecule has 0 spiro atoms. The first-order valence-corrected chi connectivity index (χ1v) is 8.17. The van der Waals surface area contributed by atoms with Crippen molar-refractivity contribution in [2.75, 3.05) is 33.4 Å². The van der Waals surface area contributed by atoms with Gasteiger partial charge in [-0.1, -0.05) is 12.1 Å². The average Bonchev–Trinajstić information content (AvgIpc) is 2.55. The number of aliphatic imine (C=N–C) groups is 1. The Morgan fingerprint density at radius 1 is 1.25 bits per heavy atom. The fourth-order valence-corrected chi connectivity index (χ4v) is 2.09. The van der Waals surface area contributed by atoms with Gasteiger partial charge in [-0.15, -0.1) is 0 Å². The molecule has 24 heavy (non-hydrogen) atoms. The number of guanidine groups is 1. The summed E-state index contributed by atoms with van der Waals surface area (Å²) in [7, 11) is 1.94. The van der Waals surface area contributed by atoms with E-state index in [4.69, 9.17) is 4.74 Å². The molecule has 0 unspecified atom stereocenters. The number of hydrogen-bond acceptors (Lipinski definition) is 3. The molecule has 0 saturated carbocycles. The van der Waals surface area contributed by atoms with Crippen molar-refractivity contribution in [3.05, 3.63) is 29.8 Å². The molecular formula is C17H27F2N3O2. The summed E-state index contributed by atoms with van der Waals surface area (Å²) >= 11 is 0. The molecule has 7 heteroatoms. The van der Waals surface area contributed by atoms with E-state index < -0.39 is 6.61 Å². The highest BCUT2D eigenvalue weighted by atomic mass is 19.3. The standard InChI is InChI=1S/C17H27F2N3O2/c1-4-20-17(21-11-6-12-23-5-2)22(3)13-14-7-9-15(10-8-14)24-16(18)19/h7-10,16H,4-6,11-13H2,1-3H3,(H,20,21). The summed E-state index contributed by atoms with van der Waals surface area (Å²) in [6, 6.07) is 6.63. The van der Waals surface area contributed by atoms with Crippen LogP contribution in [0.5, 0.6) is 5.75 Å². The van der Waals surface area contributed by atoms with Crippen LogP contribution >= 0.6 is 0 Å². The summed E-state index contributed by atoms with van der Waals surface area (Å²) in [5, 5.41) is 3.24. The number of alkyl halides is 2. The van der Waals surface area contributed by atoms with Gasteiger partial charge in [-0.2, -0.15) is 8.78 Å². The molecule has 0 aliphatic rings. The molecule has 0 atom stereocenters. The van der Waals surface area contributed by atoms with Gasteiger partial charge in [0, 0.05) is 39.9 Å². The van der Waals surface area contributed by atoms with Crippen molar-refractivity contribution in [3.8, 4) is 5.75 Å². The van der Waals surface area contributed by atoms with E-state index in [1.54, 1.807) is 24.3 Å². The summed E-state index contributed by atoms with van der Waals surface area (Å²) in [5.74, 6) is 0.967. The minimum Gasteiger partial charge on any atom is -0.435 e.